The van der Waals surface area contributed by atoms with Gasteiger partial charge in [0.1, 0.15) is 9.88 Å². The summed E-state index contributed by atoms with van der Waals surface area (Å²) in [5.74, 6) is -0.117. The van der Waals surface area contributed by atoms with Gasteiger partial charge >= 0.3 is 0 Å². The number of thiazole rings is 1. The Bertz CT molecular complexity index is 978. The SMILES string of the molecule is CCN1CCN(c2ccc(NC(=O)c3cnc(-c4ccccc4)s3)cc2C)CC1. The highest BCUT2D eigenvalue weighted by Crippen LogP contribution is 2.27. The lowest BCUT2D eigenvalue weighted by molar-refractivity contribution is 0.103. The van der Waals surface area contributed by atoms with Gasteiger partial charge in [-0.1, -0.05) is 37.3 Å². The zero-order chi connectivity index (χ0) is 20.2. The van der Waals surface area contributed by atoms with E-state index in [1.54, 1.807) is 6.20 Å². The molecule has 29 heavy (non-hydrogen) atoms. The lowest BCUT2D eigenvalue weighted by atomic mass is 10.1. The maximum atomic E-state index is 12.7. The number of likely N-dealkylation sites (N-methyl/N-ethyl adjacent to an activating group) is 1. The van der Waals surface area contributed by atoms with Crippen molar-refractivity contribution in [3.63, 3.8) is 0 Å². The summed E-state index contributed by atoms with van der Waals surface area (Å²) < 4.78 is 0. The smallest absolute Gasteiger partial charge is 0.267 e. The zero-order valence-corrected chi connectivity index (χ0v) is 17.7. The van der Waals surface area contributed by atoms with E-state index in [1.807, 2.05) is 36.4 Å². The Hall–Kier alpha value is -2.70. The number of rotatable bonds is 5. The molecule has 1 aliphatic heterocycles. The largest absolute Gasteiger partial charge is 0.369 e. The molecule has 2 aromatic carbocycles. The Kier molecular flexibility index (Phi) is 5.92. The van der Waals surface area contributed by atoms with E-state index in [1.165, 1.54) is 22.6 Å². The van der Waals surface area contributed by atoms with E-state index in [4.69, 9.17) is 0 Å². The predicted octanol–water partition coefficient (Wildman–Crippen LogP) is 4.51. The molecule has 4 rings (SSSR count). The molecule has 0 bridgehead atoms. The second kappa shape index (κ2) is 8.76. The van der Waals surface area contributed by atoms with Crippen molar-refractivity contribution < 1.29 is 4.79 Å². The van der Waals surface area contributed by atoms with Crippen LogP contribution in [-0.4, -0.2) is 48.5 Å². The van der Waals surface area contributed by atoms with Crippen molar-refractivity contribution in [3.05, 3.63) is 65.2 Å². The molecule has 1 N–H and O–H groups in total. The summed E-state index contributed by atoms with van der Waals surface area (Å²) >= 11 is 1.41. The fourth-order valence-corrected chi connectivity index (χ4v) is 4.50. The average molecular weight is 407 g/mol. The first-order chi connectivity index (χ1) is 14.1. The molecule has 2 heterocycles. The Labute approximate surface area is 176 Å². The van der Waals surface area contributed by atoms with Crippen LogP contribution < -0.4 is 10.2 Å². The van der Waals surface area contributed by atoms with Crippen molar-refractivity contribution in [2.45, 2.75) is 13.8 Å². The molecule has 5 nitrogen and oxygen atoms in total. The third-order valence-corrected chi connectivity index (χ3v) is 6.41. The molecule has 150 valence electrons. The van der Waals surface area contributed by atoms with E-state index in [-0.39, 0.29) is 5.91 Å². The Balaban J connectivity index is 1.43. The van der Waals surface area contributed by atoms with Gasteiger partial charge in [0.2, 0.25) is 0 Å². The first-order valence-electron chi connectivity index (χ1n) is 10.0. The van der Waals surface area contributed by atoms with Crippen LogP contribution in [-0.2, 0) is 0 Å². The number of nitrogens with zero attached hydrogens (tertiary/aromatic N) is 3. The molecule has 0 saturated carbocycles. The van der Waals surface area contributed by atoms with Gasteiger partial charge < -0.3 is 15.1 Å². The van der Waals surface area contributed by atoms with Crippen molar-refractivity contribution >= 4 is 28.6 Å². The number of benzene rings is 2. The Morgan fingerprint density at radius 1 is 1.10 bits per heavy atom. The van der Waals surface area contributed by atoms with E-state index in [2.05, 4.69) is 46.1 Å². The fraction of sp³-hybridized carbons (Fsp3) is 0.304. The molecule has 0 spiro atoms. The number of hydrogen-bond donors (Lipinski definition) is 1. The van der Waals surface area contributed by atoms with Gasteiger partial charge in [-0.05, 0) is 37.2 Å². The number of aromatic nitrogens is 1. The summed E-state index contributed by atoms with van der Waals surface area (Å²) in [6.07, 6.45) is 1.65. The van der Waals surface area contributed by atoms with Gasteiger partial charge in [-0.2, -0.15) is 0 Å². The van der Waals surface area contributed by atoms with Crippen LogP contribution in [0.3, 0.4) is 0 Å². The van der Waals surface area contributed by atoms with Gasteiger partial charge in [-0.3, -0.25) is 4.79 Å². The highest BCUT2D eigenvalue weighted by Gasteiger charge is 2.18. The number of anilines is 2. The van der Waals surface area contributed by atoms with Crippen molar-refractivity contribution in [3.8, 4) is 10.6 Å². The topological polar surface area (TPSA) is 48.5 Å². The monoisotopic (exact) mass is 406 g/mol. The van der Waals surface area contributed by atoms with Gasteiger partial charge in [0, 0.05) is 43.1 Å². The molecule has 0 radical (unpaired) electrons. The van der Waals surface area contributed by atoms with Gasteiger partial charge in [0.05, 0.1) is 6.20 Å². The quantitative estimate of drug-likeness (QED) is 0.677. The number of carbonyl (C=O) groups excluding carboxylic acids is 1. The molecule has 1 saturated heterocycles. The lowest BCUT2D eigenvalue weighted by Gasteiger charge is -2.36. The number of hydrogen-bond acceptors (Lipinski definition) is 5. The molecule has 0 aliphatic carbocycles. The van der Waals surface area contributed by atoms with E-state index in [9.17, 15) is 4.79 Å². The summed E-state index contributed by atoms with van der Waals surface area (Å²) in [5.41, 5.74) is 4.28. The van der Waals surface area contributed by atoms with Crippen molar-refractivity contribution in [2.75, 3.05) is 42.9 Å². The minimum Gasteiger partial charge on any atom is -0.369 e. The van der Waals surface area contributed by atoms with Crippen LogP contribution in [0.5, 0.6) is 0 Å². The maximum absolute atomic E-state index is 12.7. The fourth-order valence-electron chi connectivity index (χ4n) is 3.68. The molecule has 1 aliphatic rings. The predicted molar refractivity (Wildman–Crippen MR) is 121 cm³/mol. The Morgan fingerprint density at radius 3 is 2.55 bits per heavy atom. The number of amides is 1. The van der Waals surface area contributed by atoms with Gasteiger partial charge in [0.15, 0.2) is 0 Å². The molecule has 6 heteroatoms. The number of nitrogens with one attached hydrogen (secondary N) is 1. The van der Waals surface area contributed by atoms with Crippen LogP contribution in [0, 0.1) is 6.92 Å². The number of aryl methyl sites for hydroxylation is 1. The van der Waals surface area contributed by atoms with Gasteiger partial charge in [-0.25, -0.2) is 4.98 Å². The summed E-state index contributed by atoms with van der Waals surface area (Å²) in [7, 11) is 0. The van der Waals surface area contributed by atoms with E-state index in [0.717, 1.165) is 49.0 Å². The van der Waals surface area contributed by atoms with Crippen LogP contribution in [0.15, 0.2) is 54.7 Å². The third-order valence-electron chi connectivity index (χ3n) is 5.37. The molecule has 1 amide bonds. The lowest BCUT2D eigenvalue weighted by Crippen LogP contribution is -2.46. The van der Waals surface area contributed by atoms with Crippen LogP contribution in [0.2, 0.25) is 0 Å². The molecule has 1 aromatic heterocycles. The van der Waals surface area contributed by atoms with Crippen molar-refractivity contribution in [1.82, 2.24) is 9.88 Å². The highest BCUT2D eigenvalue weighted by molar-refractivity contribution is 7.17. The molecule has 0 atom stereocenters. The van der Waals surface area contributed by atoms with E-state index >= 15 is 0 Å². The summed E-state index contributed by atoms with van der Waals surface area (Å²) in [6.45, 7) is 9.73. The second-order valence-electron chi connectivity index (χ2n) is 7.27. The minimum absolute atomic E-state index is 0.117. The molecule has 0 unspecified atom stereocenters. The standard InChI is InChI=1S/C23H26N4OS/c1-3-26-11-13-27(14-12-26)20-10-9-19(15-17(20)2)25-22(28)21-16-24-23(29-21)18-7-5-4-6-8-18/h4-10,15-16H,3,11-14H2,1-2H3,(H,25,28). The molecular formula is C23H26N4OS. The summed E-state index contributed by atoms with van der Waals surface area (Å²) in [5, 5.41) is 3.87. The van der Waals surface area contributed by atoms with E-state index < -0.39 is 0 Å². The van der Waals surface area contributed by atoms with Gasteiger partial charge in [-0.15, -0.1) is 11.3 Å². The minimum atomic E-state index is -0.117. The third kappa shape index (κ3) is 4.49. The summed E-state index contributed by atoms with van der Waals surface area (Å²) in [4.78, 5) is 22.6. The first-order valence-corrected chi connectivity index (χ1v) is 10.9. The summed E-state index contributed by atoms with van der Waals surface area (Å²) in [6, 6.07) is 16.1. The van der Waals surface area contributed by atoms with Crippen LogP contribution in [0.25, 0.3) is 10.6 Å². The van der Waals surface area contributed by atoms with Gasteiger partial charge in [0.25, 0.3) is 5.91 Å². The number of carbonyl (C=O) groups is 1. The second-order valence-corrected chi connectivity index (χ2v) is 8.30. The zero-order valence-electron chi connectivity index (χ0n) is 16.9. The van der Waals surface area contributed by atoms with Crippen LogP contribution in [0.4, 0.5) is 11.4 Å². The number of piperazine rings is 1. The Morgan fingerprint density at radius 2 is 1.86 bits per heavy atom. The highest BCUT2D eigenvalue weighted by atomic mass is 32.1. The normalized spacial score (nSPS) is 14.8. The average Bonchev–Trinajstić information content (AvgIpc) is 3.25. The van der Waals surface area contributed by atoms with Crippen LogP contribution in [0.1, 0.15) is 22.2 Å². The molecule has 3 aromatic rings. The first kappa shape index (κ1) is 19.6. The van der Waals surface area contributed by atoms with Crippen LogP contribution >= 0.6 is 11.3 Å². The maximum Gasteiger partial charge on any atom is 0.267 e. The van der Waals surface area contributed by atoms with Crippen molar-refractivity contribution in [1.29, 1.82) is 0 Å². The molecular weight excluding hydrogens is 380 g/mol. The van der Waals surface area contributed by atoms with E-state index in [0.29, 0.717) is 4.88 Å². The van der Waals surface area contributed by atoms with Crippen molar-refractivity contribution in [2.24, 2.45) is 0 Å². The molecule has 1 fully saturated rings.